The van der Waals surface area contributed by atoms with Gasteiger partial charge in [0.2, 0.25) is 0 Å². The lowest BCUT2D eigenvalue weighted by Gasteiger charge is -2.33. The molecule has 0 atom stereocenters. The summed E-state index contributed by atoms with van der Waals surface area (Å²) >= 11 is 0. The molecule has 0 aromatic carbocycles. The van der Waals surface area contributed by atoms with Crippen LogP contribution in [0.5, 0.6) is 0 Å². The standard InChI is InChI=1S/C14H24F3N3O3.HI/c1-18-13(19-6-3-9-23-10-14(15,16)17)20-7-4-11(5-8-20)12(21)22-2;/h11H,3-10H2,1-2H3,(H,18,19);1H. The lowest BCUT2D eigenvalue weighted by atomic mass is 9.97. The van der Waals surface area contributed by atoms with E-state index in [1.165, 1.54) is 7.11 Å². The fourth-order valence-corrected chi connectivity index (χ4v) is 2.39. The van der Waals surface area contributed by atoms with Gasteiger partial charge in [0, 0.05) is 33.3 Å². The number of piperidine rings is 1. The Bertz CT molecular complexity index is 400. The molecule has 24 heavy (non-hydrogen) atoms. The van der Waals surface area contributed by atoms with Crippen molar-refractivity contribution >= 4 is 35.9 Å². The van der Waals surface area contributed by atoms with Gasteiger partial charge in [0.25, 0.3) is 0 Å². The van der Waals surface area contributed by atoms with Crippen LogP contribution in [0.25, 0.3) is 0 Å². The van der Waals surface area contributed by atoms with Crippen molar-refractivity contribution in [2.45, 2.75) is 25.4 Å². The Balaban J connectivity index is 0.00000529. The summed E-state index contributed by atoms with van der Waals surface area (Å²) < 4.78 is 45.0. The average molecular weight is 467 g/mol. The number of nitrogens with zero attached hydrogens (tertiary/aromatic N) is 2. The number of alkyl halides is 3. The van der Waals surface area contributed by atoms with Crippen molar-refractivity contribution in [3.63, 3.8) is 0 Å². The third-order valence-electron chi connectivity index (χ3n) is 3.56. The maximum atomic E-state index is 11.9. The molecule has 1 saturated heterocycles. The maximum Gasteiger partial charge on any atom is 0.411 e. The van der Waals surface area contributed by atoms with Crippen LogP contribution in [0.15, 0.2) is 4.99 Å². The molecule has 0 radical (unpaired) electrons. The molecule has 142 valence electrons. The van der Waals surface area contributed by atoms with E-state index < -0.39 is 12.8 Å². The molecule has 1 N–H and O–H groups in total. The van der Waals surface area contributed by atoms with Gasteiger partial charge in [-0.15, -0.1) is 24.0 Å². The summed E-state index contributed by atoms with van der Waals surface area (Å²) in [6.45, 7) is 0.659. The molecule has 0 saturated carbocycles. The molecule has 0 spiro atoms. The second-order valence-electron chi connectivity index (χ2n) is 5.28. The minimum absolute atomic E-state index is 0. The van der Waals surface area contributed by atoms with E-state index in [9.17, 15) is 18.0 Å². The first-order valence-corrected chi connectivity index (χ1v) is 7.55. The van der Waals surface area contributed by atoms with Crippen LogP contribution in [0, 0.1) is 5.92 Å². The van der Waals surface area contributed by atoms with Crippen molar-refractivity contribution in [1.82, 2.24) is 10.2 Å². The number of rotatable bonds is 6. The number of likely N-dealkylation sites (tertiary alicyclic amines) is 1. The number of hydrogen-bond acceptors (Lipinski definition) is 4. The smallest absolute Gasteiger partial charge is 0.411 e. The lowest BCUT2D eigenvalue weighted by Crippen LogP contribution is -2.47. The third-order valence-corrected chi connectivity index (χ3v) is 3.56. The SMILES string of the molecule is CN=C(NCCCOCC(F)(F)F)N1CCC(C(=O)OC)CC1.I. The molecule has 0 amide bonds. The largest absolute Gasteiger partial charge is 0.469 e. The van der Waals surface area contributed by atoms with Gasteiger partial charge in [-0.3, -0.25) is 9.79 Å². The molecule has 10 heteroatoms. The van der Waals surface area contributed by atoms with Gasteiger partial charge in [-0.1, -0.05) is 0 Å². The van der Waals surface area contributed by atoms with E-state index in [0.717, 1.165) is 0 Å². The average Bonchev–Trinajstić information content (AvgIpc) is 2.53. The predicted molar refractivity (Wildman–Crippen MR) is 94.6 cm³/mol. The summed E-state index contributed by atoms with van der Waals surface area (Å²) in [5.41, 5.74) is 0. The van der Waals surface area contributed by atoms with Crippen molar-refractivity contribution in [1.29, 1.82) is 0 Å². The molecule has 1 rings (SSSR count). The van der Waals surface area contributed by atoms with Gasteiger partial charge in [-0.05, 0) is 19.3 Å². The van der Waals surface area contributed by atoms with Crippen LogP contribution in [0.2, 0.25) is 0 Å². The molecular weight excluding hydrogens is 442 g/mol. The first kappa shape index (κ1) is 23.2. The number of halogens is 4. The number of aliphatic imine (C=N–C) groups is 1. The minimum Gasteiger partial charge on any atom is -0.469 e. The monoisotopic (exact) mass is 467 g/mol. The third kappa shape index (κ3) is 8.90. The van der Waals surface area contributed by atoms with Gasteiger partial charge in [0.05, 0.1) is 13.0 Å². The molecule has 0 aliphatic carbocycles. The second kappa shape index (κ2) is 11.7. The molecule has 0 aromatic rings. The Labute approximate surface area is 157 Å². The van der Waals surface area contributed by atoms with E-state index in [1.54, 1.807) is 7.05 Å². The fraction of sp³-hybridized carbons (Fsp3) is 0.857. The van der Waals surface area contributed by atoms with E-state index in [-0.39, 0.29) is 42.5 Å². The van der Waals surface area contributed by atoms with E-state index in [0.29, 0.717) is 44.9 Å². The Kier molecular flexibility index (Phi) is 11.3. The molecule has 0 bridgehead atoms. The van der Waals surface area contributed by atoms with Crippen molar-refractivity contribution in [2.75, 3.05) is 47.0 Å². The second-order valence-corrected chi connectivity index (χ2v) is 5.28. The number of carbonyl (C=O) groups is 1. The summed E-state index contributed by atoms with van der Waals surface area (Å²) in [7, 11) is 3.03. The highest BCUT2D eigenvalue weighted by Crippen LogP contribution is 2.18. The van der Waals surface area contributed by atoms with Crippen molar-refractivity contribution in [3.8, 4) is 0 Å². The predicted octanol–water partition coefficient (Wildman–Crippen LogP) is 2.03. The molecule has 1 fully saturated rings. The van der Waals surface area contributed by atoms with E-state index in [1.807, 2.05) is 4.90 Å². The quantitative estimate of drug-likeness (QED) is 0.213. The van der Waals surface area contributed by atoms with Crippen LogP contribution in [0.3, 0.4) is 0 Å². The number of esters is 1. The zero-order valence-corrected chi connectivity index (χ0v) is 16.2. The van der Waals surface area contributed by atoms with Gasteiger partial charge in [0.15, 0.2) is 5.96 Å². The summed E-state index contributed by atoms with van der Waals surface area (Å²) in [4.78, 5) is 17.7. The Morgan fingerprint density at radius 3 is 2.46 bits per heavy atom. The van der Waals surface area contributed by atoms with E-state index in [2.05, 4.69) is 15.0 Å². The number of nitrogens with one attached hydrogen (secondary N) is 1. The number of guanidine groups is 1. The summed E-state index contributed by atoms with van der Waals surface area (Å²) in [5, 5.41) is 3.09. The number of hydrogen-bond donors (Lipinski definition) is 1. The van der Waals surface area contributed by atoms with Crippen LogP contribution < -0.4 is 5.32 Å². The minimum atomic E-state index is -4.28. The molecule has 0 aromatic heterocycles. The molecule has 1 aliphatic heterocycles. The van der Waals surface area contributed by atoms with Crippen molar-refractivity contribution in [3.05, 3.63) is 0 Å². The zero-order chi connectivity index (χ0) is 17.3. The van der Waals surface area contributed by atoms with Gasteiger partial charge >= 0.3 is 12.1 Å². The molecular formula is C14H25F3IN3O3. The van der Waals surface area contributed by atoms with Crippen molar-refractivity contribution in [2.24, 2.45) is 10.9 Å². The van der Waals surface area contributed by atoms with Crippen LogP contribution in [-0.2, 0) is 14.3 Å². The Hall–Kier alpha value is -0.780. The molecule has 1 aliphatic rings. The lowest BCUT2D eigenvalue weighted by molar-refractivity contribution is -0.173. The highest BCUT2D eigenvalue weighted by Gasteiger charge is 2.28. The Morgan fingerprint density at radius 2 is 1.96 bits per heavy atom. The fourth-order valence-electron chi connectivity index (χ4n) is 2.39. The summed E-state index contributed by atoms with van der Waals surface area (Å²) in [6.07, 6.45) is -2.44. The molecule has 1 heterocycles. The van der Waals surface area contributed by atoms with Gasteiger partial charge in [-0.25, -0.2) is 0 Å². The Morgan fingerprint density at radius 1 is 1.33 bits per heavy atom. The van der Waals surface area contributed by atoms with E-state index in [4.69, 9.17) is 4.74 Å². The number of carbonyl (C=O) groups excluding carboxylic acids is 1. The normalized spacial score (nSPS) is 16.5. The summed E-state index contributed by atoms with van der Waals surface area (Å²) in [5.74, 6) is 0.420. The van der Waals surface area contributed by atoms with Gasteiger partial charge in [0.1, 0.15) is 6.61 Å². The van der Waals surface area contributed by atoms with Gasteiger partial charge < -0.3 is 19.7 Å². The zero-order valence-electron chi connectivity index (χ0n) is 13.9. The first-order chi connectivity index (χ1) is 10.9. The van der Waals surface area contributed by atoms with Crippen LogP contribution in [-0.4, -0.2) is 70.0 Å². The maximum absolute atomic E-state index is 11.9. The topological polar surface area (TPSA) is 63.2 Å². The van der Waals surface area contributed by atoms with Crippen molar-refractivity contribution < 1.29 is 27.4 Å². The number of methoxy groups -OCH3 is 1. The van der Waals surface area contributed by atoms with Crippen LogP contribution >= 0.6 is 24.0 Å². The summed E-state index contributed by atoms with van der Waals surface area (Å²) in [6, 6.07) is 0. The van der Waals surface area contributed by atoms with E-state index >= 15 is 0 Å². The van der Waals surface area contributed by atoms with Gasteiger partial charge in [-0.2, -0.15) is 13.2 Å². The molecule has 6 nitrogen and oxygen atoms in total. The highest BCUT2D eigenvalue weighted by atomic mass is 127. The number of ether oxygens (including phenoxy) is 2. The molecule has 0 unspecified atom stereocenters. The van der Waals surface area contributed by atoms with Crippen LogP contribution in [0.1, 0.15) is 19.3 Å². The van der Waals surface area contributed by atoms with Crippen LogP contribution in [0.4, 0.5) is 13.2 Å². The first-order valence-electron chi connectivity index (χ1n) is 7.55. The highest BCUT2D eigenvalue weighted by molar-refractivity contribution is 14.0.